The van der Waals surface area contributed by atoms with E-state index in [4.69, 9.17) is 0 Å². The van der Waals surface area contributed by atoms with Crippen molar-refractivity contribution in [1.82, 2.24) is 4.57 Å². The molecule has 0 spiro atoms. The van der Waals surface area contributed by atoms with E-state index in [1.165, 1.54) is 0 Å². The summed E-state index contributed by atoms with van der Waals surface area (Å²) in [4.78, 5) is 11.5. The SMILES string of the molecule is CC=Cc1ccc(C)n(C)c1=O. The summed E-state index contributed by atoms with van der Waals surface area (Å²) in [5, 5.41) is 0. The minimum absolute atomic E-state index is 0.0631. The summed E-state index contributed by atoms with van der Waals surface area (Å²) in [7, 11) is 1.78. The van der Waals surface area contributed by atoms with E-state index in [9.17, 15) is 4.79 Å². The molecule has 12 heavy (non-hydrogen) atoms. The average Bonchev–Trinajstić information content (AvgIpc) is 2.07. The fraction of sp³-hybridized carbons (Fsp3) is 0.300. The van der Waals surface area contributed by atoms with Crippen LogP contribution in [-0.2, 0) is 7.05 Å². The van der Waals surface area contributed by atoms with Crippen LogP contribution in [0.5, 0.6) is 0 Å². The van der Waals surface area contributed by atoms with Crippen LogP contribution in [0.4, 0.5) is 0 Å². The van der Waals surface area contributed by atoms with Crippen molar-refractivity contribution < 1.29 is 0 Å². The lowest BCUT2D eigenvalue weighted by Gasteiger charge is -2.02. The first-order valence-corrected chi connectivity index (χ1v) is 3.96. The lowest BCUT2D eigenvalue weighted by Crippen LogP contribution is -2.20. The second kappa shape index (κ2) is 3.39. The first kappa shape index (κ1) is 8.78. The average molecular weight is 163 g/mol. The Morgan fingerprint density at radius 1 is 1.42 bits per heavy atom. The van der Waals surface area contributed by atoms with E-state index in [-0.39, 0.29) is 5.56 Å². The molecular weight excluding hydrogens is 150 g/mol. The molecule has 0 radical (unpaired) electrons. The molecule has 0 N–H and O–H groups in total. The maximum atomic E-state index is 11.5. The van der Waals surface area contributed by atoms with Crippen molar-refractivity contribution in [3.63, 3.8) is 0 Å². The second-order valence-corrected chi connectivity index (χ2v) is 2.79. The zero-order valence-electron chi connectivity index (χ0n) is 7.66. The van der Waals surface area contributed by atoms with Gasteiger partial charge >= 0.3 is 0 Å². The molecule has 1 aromatic heterocycles. The summed E-state index contributed by atoms with van der Waals surface area (Å²) in [6, 6.07) is 3.79. The monoisotopic (exact) mass is 163 g/mol. The summed E-state index contributed by atoms with van der Waals surface area (Å²) in [6.45, 7) is 3.82. The van der Waals surface area contributed by atoms with Crippen molar-refractivity contribution in [2.24, 2.45) is 7.05 Å². The van der Waals surface area contributed by atoms with E-state index in [0.29, 0.717) is 0 Å². The molecule has 64 valence electrons. The molecular formula is C10H13NO. The summed E-state index contributed by atoms with van der Waals surface area (Å²) in [5.74, 6) is 0. The summed E-state index contributed by atoms with van der Waals surface area (Å²) in [5.41, 5.74) is 1.78. The van der Waals surface area contributed by atoms with Crippen LogP contribution in [0.15, 0.2) is 23.0 Å². The standard InChI is InChI=1S/C10H13NO/c1-4-5-9-7-6-8(2)11(3)10(9)12/h4-7H,1-3H3. The maximum Gasteiger partial charge on any atom is 0.257 e. The van der Waals surface area contributed by atoms with Gasteiger partial charge in [-0.1, -0.05) is 12.2 Å². The Kier molecular flexibility index (Phi) is 2.48. The van der Waals surface area contributed by atoms with Crippen LogP contribution in [0.25, 0.3) is 6.08 Å². The molecule has 2 nitrogen and oxygen atoms in total. The molecule has 0 saturated heterocycles. The van der Waals surface area contributed by atoms with Crippen LogP contribution >= 0.6 is 0 Å². The largest absolute Gasteiger partial charge is 0.316 e. The van der Waals surface area contributed by atoms with E-state index < -0.39 is 0 Å². The molecule has 0 aliphatic heterocycles. The maximum absolute atomic E-state index is 11.5. The van der Waals surface area contributed by atoms with Crippen LogP contribution in [0, 0.1) is 6.92 Å². The quantitative estimate of drug-likeness (QED) is 0.618. The predicted molar refractivity (Wildman–Crippen MR) is 51.1 cm³/mol. The molecule has 0 bridgehead atoms. The number of aromatic nitrogens is 1. The zero-order chi connectivity index (χ0) is 9.14. The highest BCUT2D eigenvalue weighted by Gasteiger charge is 1.98. The lowest BCUT2D eigenvalue weighted by atomic mass is 10.2. The Morgan fingerprint density at radius 3 is 2.67 bits per heavy atom. The smallest absolute Gasteiger partial charge is 0.257 e. The van der Waals surface area contributed by atoms with Crippen molar-refractivity contribution in [2.45, 2.75) is 13.8 Å². The third kappa shape index (κ3) is 1.47. The van der Waals surface area contributed by atoms with Gasteiger partial charge in [0.25, 0.3) is 5.56 Å². The number of allylic oxidation sites excluding steroid dienone is 1. The highest BCUT2D eigenvalue weighted by molar-refractivity contribution is 5.47. The van der Waals surface area contributed by atoms with Crippen molar-refractivity contribution in [3.8, 4) is 0 Å². The molecule has 0 amide bonds. The predicted octanol–water partition coefficient (Wildman–Crippen LogP) is 1.73. The fourth-order valence-electron chi connectivity index (χ4n) is 1.05. The molecule has 1 heterocycles. The molecule has 1 rings (SSSR count). The van der Waals surface area contributed by atoms with E-state index in [0.717, 1.165) is 11.3 Å². The van der Waals surface area contributed by atoms with Gasteiger partial charge in [0.1, 0.15) is 0 Å². The van der Waals surface area contributed by atoms with Crippen LogP contribution in [0.3, 0.4) is 0 Å². The molecule has 0 fully saturated rings. The topological polar surface area (TPSA) is 22.0 Å². The van der Waals surface area contributed by atoms with Crippen molar-refractivity contribution >= 4 is 6.08 Å². The molecule has 0 aliphatic carbocycles. The number of hydrogen-bond acceptors (Lipinski definition) is 1. The molecule has 0 aliphatic rings. The zero-order valence-corrected chi connectivity index (χ0v) is 7.66. The lowest BCUT2D eigenvalue weighted by molar-refractivity contribution is 0.816. The number of hydrogen-bond donors (Lipinski definition) is 0. The fourth-order valence-corrected chi connectivity index (χ4v) is 1.05. The molecule has 0 unspecified atom stereocenters. The Bertz CT molecular complexity index is 361. The molecule has 0 aromatic carbocycles. The van der Waals surface area contributed by atoms with Gasteiger partial charge in [-0.25, -0.2) is 0 Å². The van der Waals surface area contributed by atoms with Crippen molar-refractivity contribution in [2.75, 3.05) is 0 Å². The summed E-state index contributed by atoms with van der Waals surface area (Å²) in [6.07, 6.45) is 3.69. The normalized spacial score (nSPS) is 10.9. The van der Waals surface area contributed by atoms with Gasteiger partial charge in [-0.2, -0.15) is 0 Å². The number of aryl methyl sites for hydroxylation is 1. The van der Waals surface area contributed by atoms with Gasteiger partial charge in [0.2, 0.25) is 0 Å². The van der Waals surface area contributed by atoms with E-state index in [1.807, 2.05) is 38.1 Å². The van der Waals surface area contributed by atoms with Gasteiger partial charge in [0, 0.05) is 18.3 Å². The highest BCUT2D eigenvalue weighted by Crippen LogP contribution is 1.98. The first-order valence-electron chi connectivity index (χ1n) is 3.96. The first-order chi connectivity index (χ1) is 5.66. The summed E-state index contributed by atoms with van der Waals surface area (Å²) < 4.78 is 1.65. The third-order valence-electron chi connectivity index (χ3n) is 1.93. The molecule has 1 aromatic rings. The molecule has 2 heteroatoms. The molecule has 0 saturated carbocycles. The second-order valence-electron chi connectivity index (χ2n) is 2.79. The number of pyridine rings is 1. The van der Waals surface area contributed by atoms with Crippen LogP contribution in [0.1, 0.15) is 18.2 Å². The minimum Gasteiger partial charge on any atom is -0.316 e. The van der Waals surface area contributed by atoms with Crippen LogP contribution in [0.2, 0.25) is 0 Å². The van der Waals surface area contributed by atoms with Gasteiger partial charge in [-0.3, -0.25) is 4.79 Å². The van der Waals surface area contributed by atoms with Gasteiger partial charge in [-0.15, -0.1) is 0 Å². The van der Waals surface area contributed by atoms with Gasteiger partial charge < -0.3 is 4.57 Å². The Hall–Kier alpha value is -1.31. The van der Waals surface area contributed by atoms with Crippen LogP contribution < -0.4 is 5.56 Å². The van der Waals surface area contributed by atoms with E-state index in [1.54, 1.807) is 11.6 Å². The number of rotatable bonds is 1. The minimum atomic E-state index is 0.0631. The van der Waals surface area contributed by atoms with Crippen molar-refractivity contribution in [1.29, 1.82) is 0 Å². The van der Waals surface area contributed by atoms with Gasteiger partial charge in [0.15, 0.2) is 0 Å². The third-order valence-corrected chi connectivity index (χ3v) is 1.93. The van der Waals surface area contributed by atoms with E-state index in [2.05, 4.69) is 0 Å². The van der Waals surface area contributed by atoms with E-state index >= 15 is 0 Å². The highest BCUT2D eigenvalue weighted by atomic mass is 16.1. The number of nitrogens with zero attached hydrogens (tertiary/aromatic N) is 1. The molecule has 0 atom stereocenters. The Balaban J connectivity index is 3.37. The summed E-state index contributed by atoms with van der Waals surface area (Å²) >= 11 is 0. The van der Waals surface area contributed by atoms with Crippen LogP contribution in [-0.4, -0.2) is 4.57 Å². The van der Waals surface area contributed by atoms with Crippen molar-refractivity contribution in [3.05, 3.63) is 39.8 Å². The van der Waals surface area contributed by atoms with Gasteiger partial charge in [-0.05, 0) is 26.0 Å². The Labute approximate surface area is 72.2 Å². The Morgan fingerprint density at radius 2 is 2.08 bits per heavy atom. The van der Waals surface area contributed by atoms with Gasteiger partial charge in [0.05, 0.1) is 0 Å².